The number of hydrogen-bond acceptors (Lipinski definition) is 5. The van der Waals surface area contributed by atoms with Crippen LogP contribution in [0.5, 0.6) is 0 Å². The fourth-order valence-electron chi connectivity index (χ4n) is 6.46. The van der Waals surface area contributed by atoms with Crippen LogP contribution < -0.4 is 5.32 Å². The number of likely N-dealkylation sites (N-methyl/N-ethyl adjacent to an activating group) is 1. The van der Waals surface area contributed by atoms with E-state index in [1.807, 2.05) is 16.7 Å². The van der Waals surface area contributed by atoms with Gasteiger partial charge in [0.05, 0.1) is 30.0 Å². The molecule has 1 saturated carbocycles. The fourth-order valence-corrected chi connectivity index (χ4v) is 6.46. The molecule has 2 amide bonds. The van der Waals surface area contributed by atoms with Crippen molar-refractivity contribution < 1.29 is 18.4 Å². The molecule has 3 aliphatic rings. The van der Waals surface area contributed by atoms with Crippen molar-refractivity contribution >= 4 is 11.8 Å². The number of nitrogens with one attached hydrogen (secondary N) is 1. The van der Waals surface area contributed by atoms with Crippen molar-refractivity contribution in [3.05, 3.63) is 47.2 Å². The third-order valence-corrected chi connectivity index (χ3v) is 8.51. The summed E-state index contributed by atoms with van der Waals surface area (Å²) in [4.78, 5) is 28.7. The number of amides is 2. The Morgan fingerprint density at radius 2 is 2.00 bits per heavy atom. The zero-order valence-electron chi connectivity index (χ0n) is 20.4. The van der Waals surface area contributed by atoms with Crippen molar-refractivity contribution in [3.8, 4) is 11.3 Å². The predicted molar refractivity (Wildman–Crippen MR) is 127 cm³/mol. The smallest absolute Gasteiger partial charge is 0.236 e. The van der Waals surface area contributed by atoms with E-state index in [1.54, 1.807) is 6.07 Å². The van der Waals surface area contributed by atoms with Gasteiger partial charge in [0.15, 0.2) is 0 Å². The Labute approximate surface area is 203 Å². The lowest BCUT2D eigenvalue weighted by atomic mass is 9.68. The average molecular weight is 484 g/mol. The average Bonchev–Trinajstić information content (AvgIpc) is 3.17. The molecule has 1 aromatic carbocycles. The van der Waals surface area contributed by atoms with Gasteiger partial charge in [-0.1, -0.05) is 19.9 Å². The maximum atomic E-state index is 14.4. The third kappa shape index (κ3) is 3.71. The summed E-state index contributed by atoms with van der Waals surface area (Å²) in [5.41, 5.74) is 1.26. The third-order valence-electron chi connectivity index (χ3n) is 8.51. The SMILES string of the molecule is CCN(C[C@@]12CC[C@@H](c3cc(-c4c(F)cccc4F)nnc31)C2(C)C)C(=O)CN1CCNC(=O)C1. The van der Waals surface area contributed by atoms with Crippen molar-refractivity contribution in [3.63, 3.8) is 0 Å². The van der Waals surface area contributed by atoms with Crippen LogP contribution in [0.3, 0.4) is 0 Å². The minimum atomic E-state index is -0.662. The molecule has 2 atom stereocenters. The Bertz CT molecular complexity index is 1170. The number of piperazine rings is 1. The van der Waals surface area contributed by atoms with Gasteiger partial charge < -0.3 is 10.2 Å². The maximum Gasteiger partial charge on any atom is 0.236 e. The summed E-state index contributed by atoms with van der Waals surface area (Å²) in [6.07, 6.45) is 1.79. The van der Waals surface area contributed by atoms with Gasteiger partial charge in [-0.05, 0) is 54.9 Å². The van der Waals surface area contributed by atoms with Crippen LogP contribution in [0.15, 0.2) is 24.3 Å². The molecular weight excluding hydrogens is 452 g/mol. The number of fused-ring (bicyclic) bond motifs is 5. The lowest BCUT2D eigenvalue weighted by Gasteiger charge is -2.42. The van der Waals surface area contributed by atoms with Crippen molar-refractivity contribution in [1.29, 1.82) is 0 Å². The monoisotopic (exact) mass is 483 g/mol. The molecule has 1 aromatic heterocycles. The van der Waals surface area contributed by atoms with Gasteiger partial charge in [0.2, 0.25) is 11.8 Å². The Hall–Kier alpha value is -2.94. The van der Waals surface area contributed by atoms with Crippen molar-refractivity contribution in [2.45, 2.75) is 44.9 Å². The molecule has 2 aliphatic carbocycles. The van der Waals surface area contributed by atoms with Crippen molar-refractivity contribution in [1.82, 2.24) is 25.3 Å². The van der Waals surface area contributed by atoms with E-state index in [4.69, 9.17) is 0 Å². The van der Waals surface area contributed by atoms with Gasteiger partial charge >= 0.3 is 0 Å². The molecule has 0 spiro atoms. The second kappa shape index (κ2) is 8.62. The summed E-state index contributed by atoms with van der Waals surface area (Å²) >= 11 is 0. The van der Waals surface area contributed by atoms with Gasteiger partial charge in [-0.25, -0.2) is 8.78 Å². The molecule has 1 N–H and O–H groups in total. The number of rotatable bonds is 6. The van der Waals surface area contributed by atoms with Crippen LogP contribution >= 0.6 is 0 Å². The van der Waals surface area contributed by atoms with E-state index >= 15 is 0 Å². The first-order valence-corrected chi connectivity index (χ1v) is 12.3. The molecule has 2 aromatic rings. The highest BCUT2D eigenvalue weighted by molar-refractivity contribution is 5.82. The van der Waals surface area contributed by atoms with E-state index in [0.717, 1.165) is 24.1 Å². The number of hydrogen-bond donors (Lipinski definition) is 1. The van der Waals surface area contributed by atoms with Crippen LogP contribution in [-0.4, -0.2) is 71.1 Å². The van der Waals surface area contributed by atoms with Gasteiger partial charge in [0.25, 0.3) is 0 Å². The van der Waals surface area contributed by atoms with Crippen LogP contribution in [0.25, 0.3) is 11.3 Å². The van der Waals surface area contributed by atoms with Gasteiger partial charge in [0.1, 0.15) is 11.6 Å². The molecule has 0 unspecified atom stereocenters. The Morgan fingerprint density at radius 1 is 1.26 bits per heavy atom. The van der Waals surface area contributed by atoms with Crippen LogP contribution in [0.2, 0.25) is 0 Å². The molecule has 2 fully saturated rings. The molecule has 9 heteroatoms. The van der Waals surface area contributed by atoms with E-state index in [-0.39, 0.29) is 47.5 Å². The molecule has 186 valence electrons. The fraction of sp³-hybridized carbons (Fsp3) is 0.538. The number of benzene rings is 1. The van der Waals surface area contributed by atoms with Crippen molar-refractivity contribution in [2.24, 2.45) is 5.41 Å². The second-order valence-corrected chi connectivity index (χ2v) is 10.5. The highest BCUT2D eigenvalue weighted by Crippen LogP contribution is 2.67. The molecular formula is C26H31F2N5O2. The van der Waals surface area contributed by atoms with Crippen LogP contribution in [0, 0.1) is 17.0 Å². The van der Waals surface area contributed by atoms with Gasteiger partial charge in [-0.2, -0.15) is 10.2 Å². The summed E-state index contributed by atoms with van der Waals surface area (Å²) < 4.78 is 28.9. The Balaban J connectivity index is 1.46. The molecule has 2 heterocycles. The topological polar surface area (TPSA) is 78.4 Å². The van der Waals surface area contributed by atoms with Crippen LogP contribution in [0.1, 0.15) is 50.8 Å². The largest absolute Gasteiger partial charge is 0.354 e. The molecule has 7 nitrogen and oxygen atoms in total. The highest BCUT2D eigenvalue weighted by Gasteiger charge is 2.64. The number of carbonyl (C=O) groups is 2. The molecule has 5 rings (SSSR count). The molecule has 0 radical (unpaired) electrons. The molecule has 2 bridgehead atoms. The zero-order chi connectivity index (χ0) is 25.0. The predicted octanol–water partition coefficient (Wildman–Crippen LogP) is 2.86. The van der Waals surface area contributed by atoms with E-state index in [9.17, 15) is 18.4 Å². The van der Waals surface area contributed by atoms with Gasteiger partial charge in [-0.3, -0.25) is 14.5 Å². The minimum Gasteiger partial charge on any atom is -0.354 e. The Kier molecular flexibility index (Phi) is 5.86. The molecule has 1 saturated heterocycles. The van der Waals surface area contributed by atoms with Crippen LogP contribution in [-0.2, 0) is 15.0 Å². The quantitative estimate of drug-likeness (QED) is 0.684. The summed E-state index contributed by atoms with van der Waals surface area (Å²) in [7, 11) is 0. The first-order chi connectivity index (χ1) is 16.7. The summed E-state index contributed by atoms with van der Waals surface area (Å²) in [6.45, 7) is 9.03. The lowest BCUT2D eigenvalue weighted by Crippen LogP contribution is -2.53. The van der Waals surface area contributed by atoms with E-state index in [0.29, 0.717) is 26.2 Å². The van der Waals surface area contributed by atoms with E-state index in [1.165, 1.54) is 18.2 Å². The highest BCUT2D eigenvalue weighted by atomic mass is 19.1. The number of nitrogens with zero attached hydrogens (tertiary/aromatic N) is 4. The van der Waals surface area contributed by atoms with Crippen LogP contribution in [0.4, 0.5) is 8.78 Å². The standard InChI is InChI=1S/C26H31F2N5O2/c1-4-33(22(35)14-32-11-10-29-21(34)13-32)15-26-9-8-17(25(26,2)3)16-12-20(30-31-24(16)26)23-18(27)6-5-7-19(23)28/h5-7,12,17H,4,8-11,13-15H2,1-3H3,(H,29,34)/t17-,26-/m0/s1. The molecule has 1 aliphatic heterocycles. The zero-order valence-corrected chi connectivity index (χ0v) is 20.4. The van der Waals surface area contributed by atoms with E-state index in [2.05, 4.69) is 29.4 Å². The van der Waals surface area contributed by atoms with Gasteiger partial charge in [0, 0.05) is 31.6 Å². The normalized spacial score (nSPS) is 24.8. The maximum absolute atomic E-state index is 14.4. The minimum absolute atomic E-state index is 0.0118. The molecule has 35 heavy (non-hydrogen) atoms. The first kappa shape index (κ1) is 23.8. The summed E-state index contributed by atoms with van der Waals surface area (Å²) in [5.74, 6) is -1.23. The Morgan fingerprint density at radius 3 is 2.69 bits per heavy atom. The van der Waals surface area contributed by atoms with Crippen molar-refractivity contribution in [2.75, 3.05) is 39.3 Å². The summed E-state index contributed by atoms with van der Waals surface area (Å²) in [5, 5.41) is 11.6. The number of carbonyl (C=O) groups excluding carboxylic acids is 2. The van der Waals surface area contributed by atoms with E-state index < -0.39 is 17.0 Å². The number of halogens is 2. The second-order valence-electron chi connectivity index (χ2n) is 10.5. The number of aromatic nitrogens is 2. The lowest BCUT2D eigenvalue weighted by molar-refractivity contribution is -0.135. The van der Waals surface area contributed by atoms with Gasteiger partial charge in [-0.15, -0.1) is 0 Å². The first-order valence-electron chi connectivity index (χ1n) is 12.3. The summed E-state index contributed by atoms with van der Waals surface area (Å²) in [6, 6.07) is 5.58.